The summed E-state index contributed by atoms with van der Waals surface area (Å²) >= 11 is 1.66. The highest BCUT2D eigenvalue weighted by Gasteiger charge is 2.04. The Morgan fingerprint density at radius 3 is 2.48 bits per heavy atom. The van der Waals surface area contributed by atoms with E-state index < -0.39 is 0 Å². The smallest absolute Gasteiger partial charge is 0.223 e. The molecule has 0 aliphatic carbocycles. The van der Waals surface area contributed by atoms with Gasteiger partial charge in [0.15, 0.2) is 0 Å². The number of hydrogen-bond acceptors (Lipinski definition) is 4. The Bertz CT molecular complexity index is 870. The van der Waals surface area contributed by atoms with E-state index in [9.17, 15) is 4.79 Å². The fourth-order valence-corrected chi connectivity index (χ4v) is 3.29. The van der Waals surface area contributed by atoms with E-state index >= 15 is 0 Å². The van der Waals surface area contributed by atoms with Gasteiger partial charge in [-0.25, -0.2) is 4.98 Å². The Balaban J connectivity index is 1.36. The highest BCUT2D eigenvalue weighted by atomic mass is 32.1. The van der Waals surface area contributed by atoms with Crippen molar-refractivity contribution in [2.24, 2.45) is 0 Å². The minimum Gasteiger partial charge on any atom is -0.493 e. The summed E-state index contributed by atoms with van der Waals surface area (Å²) in [5, 5.41) is 6.09. The molecule has 0 atom stereocenters. The zero-order valence-corrected chi connectivity index (χ0v) is 16.5. The largest absolute Gasteiger partial charge is 0.493 e. The molecule has 1 aromatic heterocycles. The van der Waals surface area contributed by atoms with Crippen LogP contribution in [0.5, 0.6) is 5.75 Å². The Kier molecular flexibility index (Phi) is 6.60. The van der Waals surface area contributed by atoms with E-state index in [0.717, 1.165) is 28.4 Å². The SMILES string of the molecule is Cc1ccc(OCCC(=O)NCCc2ccc(-c3csc(C)n3)cc2)cc1. The second-order valence-corrected chi connectivity index (χ2v) is 7.52. The number of amides is 1. The molecule has 5 heteroatoms. The molecule has 3 rings (SSSR count). The Labute approximate surface area is 164 Å². The van der Waals surface area contributed by atoms with E-state index in [0.29, 0.717) is 19.6 Å². The van der Waals surface area contributed by atoms with Gasteiger partial charge in [-0.1, -0.05) is 42.0 Å². The van der Waals surface area contributed by atoms with Gasteiger partial charge in [0.2, 0.25) is 5.91 Å². The molecule has 1 heterocycles. The molecule has 0 radical (unpaired) electrons. The van der Waals surface area contributed by atoms with Crippen LogP contribution in [0.2, 0.25) is 0 Å². The Hall–Kier alpha value is -2.66. The first-order valence-corrected chi connectivity index (χ1v) is 9.96. The summed E-state index contributed by atoms with van der Waals surface area (Å²) in [6.45, 7) is 5.05. The van der Waals surface area contributed by atoms with Crippen molar-refractivity contribution < 1.29 is 9.53 Å². The van der Waals surface area contributed by atoms with Gasteiger partial charge < -0.3 is 10.1 Å². The van der Waals surface area contributed by atoms with Crippen LogP contribution in [0.15, 0.2) is 53.9 Å². The maximum Gasteiger partial charge on any atom is 0.223 e. The van der Waals surface area contributed by atoms with E-state index in [-0.39, 0.29) is 5.91 Å². The zero-order valence-electron chi connectivity index (χ0n) is 15.7. The number of aromatic nitrogens is 1. The average molecular weight is 381 g/mol. The van der Waals surface area contributed by atoms with Gasteiger partial charge in [0.25, 0.3) is 0 Å². The molecule has 3 aromatic rings. The quantitative estimate of drug-likeness (QED) is 0.623. The van der Waals surface area contributed by atoms with Crippen LogP contribution >= 0.6 is 11.3 Å². The summed E-state index contributed by atoms with van der Waals surface area (Å²) in [7, 11) is 0. The molecular weight excluding hydrogens is 356 g/mol. The minimum absolute atomic E-state index is 0.0108. The number of ether oxygens (including phenoxy) is 1. The lowest BCUT2D eigenvalue weighted by Gasteiger charge is -2.08. The molecule has 1 amide bonds. The van der Waals surface area contributed by atoms with Gasteiger partial charge >= 0.3 is 0 Å². The number of carbonyl (C=O) groups excluding carboxylic acids is 1. The van der Waals surface area contributed by atoms with Gasteiger partial charge in [-0.2, -0.15) is 0 Å². The number of benzene rings is 2. The molecule has 0 aliphatic heterocycles. The van der Waals surface area contributed by atoms with E-state index in [1.807, 2.05) is 38.1 Å². The van der Waals surface area contributed by atoms with Gasteiger partial charge in [0.1, 0.15) is 5.75 Å². The van der Waals surface area contributed by atoms with Crippen molar-refractivity contribution in [1.29, 1.82) is 0 Å². The van der Waals surface area contributed by atoms with E-state index in [1.165, 1.54) is 11.1 Å². The molecule has 0 unspecified atom stereocenters. The van der Waals surface area contributed by atoms with Crippen LogP contribution in [0.25, 0.3) is 11.3 Å². The van der Waals surface area contributed by atoms with Gasteiger partial charge in [-0.15, -0.1) is 11.3 Å². The molecule has 0 saturated heterocycles. The molecule has 140 valence electrons. The summed E-state index contributed by atoms with van der Waals surface area (Å²) in [5.74, 6) is 0.806. The van der Waals surface area contributed by atoms with E-state index in [4.69, 9.17) is 4.74 Å². The van der Waals surface area contributed by atoms with Crippen molar-refractivity contribution in [2.75, 3.05) is 13.2 Å². The summed E-state index contributed by atoms with van der Waals surface area (Å²) in [4.78, 5) is 16.4. The van der Waals surface area contributed by atoms with Gasteiger partial charge in [-0.05, 0) is 38.0 Å². The molecular formula is C22H24N2O2S. The van der Waals surface area contributed by atoms with Crippen LogP contribution in [0.4, 0.5) is 0 Å². The summed E-state index contributed by atoms with van der Waals surface area (Å²) in [6.07, 6.45) is 1.16. The predicted molar refractivity (Wildman–Crippen MR) is 110 cm³/mol. The topological polar surface area (TPSA) is 51.2 Å². The average Bonchev–Trinajstić information content (AvgIpc) is 3.10. The number of hydrogen-bond donors (Lipinski definition) is 1. The second kappa shape index (κ2) is 9.33. The van der Waals surface area contributed by atoms with Crippen LogP contribution in [0.1, 0.15) is 22.6 Å². The van der Waals surface area contributed by atoms with Crippen LogP contribution in [-0.4, -0.2) is 24.0 Å². The molecule has 1 N–H and O–H groups in total. The standard InChI is InChI=1S/C22H24N2O2S/c1-16-3-9-20(10-4-16)26-14-12-22(25)23-13-11-18-5-7-19(8-6-18)21-15-27-17(2)24-21/h3-10,15H,11-14H2,1-2H3,(H,23,25). The monoisotopic (exact) mass is 380 g/mol. The first-order valence-electron chi connectivity index (χ1n) is 9.08. The van der Waals surface area contributed by atoms with Crippen molar-refractivity contribution in [3.05, 3.63) is 70.0 Å². The van der Waals surface area contributed by atoms with E-state index in [2.05, 4.69) is 39.9 Å². The molecule has 0 fully saturated rings. The maximum absolute atomic E-state index is 11.9. The van der Waals surface area contributed by atoms with Crippen LogP contribution in [0.3, 0.4) is 0 Å². The van der Waals surface area contributed by atoms with Crippen molar-refractivity contribution in [3.8, 4) is 17.0 Å². The summed E-state index contributed by atoms with van der Waals surface area (Å²) < 4.78 is 5.59. The minimum atomic E-state index is 0.0108. The normalized spacial score (nSPS) is 10.6. The molecule has 2 aromatic carbocycles. The third-order valence-electron chi connectivity index (χ3n) is 4.22. The van der Waals surface area contributed by atoms with Crippen LogP contribution in [-0.2, 0) is 11.2 Å². The number of nitrogens with zero attached hydrogens (tertiary/aromatic N) is 1. The Morgan fingerprint density at radius 2 is 1.81 bits per heavy atom. The molecule has 0 aliphatic rings. The number of aryl methyl sites for hydroxylation is 2. The summed E-state index contributed by atoms with van der Waals surface area (Å²) in [5.41, 5.74) is 4.53. The lowest BCUT2D eigenvalue weighted by atomic mass is 10.1. The van der Waals surface area contributed by atoms with E-state index in [1.54, 1.807) is 11.3 Å². The fourth-order valence-electron chi connectivity index (χ4n) is 2.67. The van der Waals surface area contributed by atoms with Crippen LogP contribution < -0.4 is 10.1 Å². The Morgan fingerprint density at radius 1 is 1.07 bits per heavy atom. The zero-order chi connectivity index (χ0) is 19.1. The van der Waals surface area contributed by atoms with Gasteiger partial charge in [0, 0.05) is 17.5 Å². The molecule has 27 heavy (non-hydrogen) atoms. The molecule has 0 spiro atoms. The number of carbonyl (C=O) groups is 1. The molecule has 0 saturated carbocycles. The molecule has 0 bridgehead atoms. The summed E-state index contributed by atoms with van der Waals surface area (Å²) in [6, 6.07) is 16.2. The number of thiazole rings is 1. The highest BCUT2D eigenvalue weighted by Crippen LogP contribution is 2.21. The first-order chi connectivity index (χ1) is 13.1. The maximum atomic E-state index is 11.9. The third-order valence-corrected chi connectivity index (χ3v) is 5.00. The second-order valence-electron chi connectivity index (χ2n) is 6.46. The van der Waals surface area contributed by atoms with Crippen molar-refractivity contribution >= 4 is 17.2 Å². The van der Waals surface area contributed by atoms with Crippen LogP contribution in [0, 0.1) is 13.8 Å². The van der Waals surface area contributed by atoms with Crippen molar-refractivity contribution in [3.63, 3.8) is 0 Å². The third kappa shape index (κ3) is 5.93. The number of nitrogens with one attached hydrogen (secondary N) is 1. The predicted octanol–water partition coefficient (Wildman–Crippen LogP) is 4.55. The van der Waals surface area contributed by atoms with Crippen molar-refractivity contribution in [2.45, 2.75) is 26.7 Å². The lowest BCUT2D eigenvalue weighted by molar-refractivity contribution is -0.121. The van der Waals surface area contributed by atoms with Crippen molar-refractivity contribution in [1.82, 2.24) is 10.3 Å². The first kappa shape index (κ1) is 19.1. The highest BCUT2D eigenvalue weighted by molar-refractivity contribution is 7.09. The fraction of sp³-hybridized carbons (Fsp3) is 0.273. The van der Waals surface area contributed by atoms with Gasteiger partial charge in [-0.3, -0.25) is 4.79 Å². The lowest BCUT2D eigenvalue weighted by Crippen LogP contribution is -2.27. The number of rotatable bonds is 8. The molecule has 4 nitrogen and oxygen atoms in total. The van der Waals surface area contributed by atoms with Gasteiger partial charge in [0.05, 0.1) is 23.7 Å².